The molecular formula is C21H21Se+. The number of hydrogen-bond acceptors (Lipinski definition) is 0. The van der Waals surface area contributed by atoms with E-state index in [1.165, 1.54) is 18.9 Å². The minimum absolute atomic E-state index is 0.551. The van der Waals surface area contributed by atoms with Gasteiger partial charge in [0, 0.05) is 0 Å². The Morgan fingerprint density at radius 3 is 1.55 bits per heavy atom. The molecule has 22 heavy (non-hydrogen) atoms. The van der Waals surface area contributed by atoms with Crippen molar-refractivity contribution >= 4 is 27.3 Å². The maximum absolute atomic E-state index is 2.33. The van der Waals surface area contributed by atoms with Crippen LogP contribution in [0.1, 0.15) is 25.3 Å². The molecule has 0 bridgehead atoms. The molecule has 0 fully saturated rings. The van der Waals surface area contributed by atoms with Gasteiger partial charge in [-0.05, 0) is 0 Å². The summed E-state index contributed by atoms with van der Waals surface area (Å²) in [7, 11) is 0. The van der Waals surface area contributed by atoms with E-state index < -0.39 is 13.9 Å². The molecule has 0 heterocycles. The standard InChI is InChI=1S/C21H21Se/c1-17(2)20-15-9-10-16-21(20)22(18-11-5-3-6-12-18)19-13-7-4-8-14-19/h3-17H,1-2H3/q+1. The summed E-state index contributed by atoms with van der Waals surface area (Å²) >= 11 is -1.23. The molecular weight excluding hydrogens is 331 g/mol. The second-order valence-corrected chi connectivity index (χ2v) is 9.81. The van der Waals surface area contributed by atoms with E-state index in [2.05, 4.69) is 98.8 Å². The van der Waals surface area contributed by atoms with E-state index in [0.29, 0.717) is 5.92 Å². The van der Waals surface area contributed by atoms with Crippen molar-refractivity contribution in [2.24, 2.45) is 0 Å². The third-order valence-electron chi connectivity index (χ3n) is 3.72. The van der Waals surface area contributed by atoms with Gasteiger partial charge in [0.2, 0.25) is 0 Å². The quantitative estimate of drug-likeness (QED) is 0.632. The summed E-state index contributed by atoms with van der Waals surface area (Å²) in [6, 6.07) is 31.0. The van der Waals surface area contributed by atoms with Crippen molar-refractivity contribution in [3.8, 4) is 0 Å². The van der Waals surface area contributed by atoms with Crippen LogP contribution in [0.15, 0.2) is 84.9 Å². The Morgan fingerprint density at radius 2 is 1.05 bits per heavy atom. The molecule has 0 saturated carbocycles. The third-order valence-corrected chi connectivity index (χ3v) is 8.54. The monoisotopic (exact) mass is 353 g/mol. The Balaban J connectivity index is 2.19. The molecule has 0 aromatic heterocycles. The Labute approximate surface area is 137 Å². The molecule has 1 heteroatoms. The summed E-state index contributed by atoms with van der Waals surface area (Å²) in [5.74, 6) is 0.551. The molecule has 3 rings (SSSR count). The van der Waals surface area contributed by atoms with Gasteiger partial charge in [0.25, 0.3) is 0 Å². The maximum atomic E-state index is 2.33. The zero-order valence-corrected chi connectivity index (χ0v) is 14.8. The predicted octanol–water partition coefficient (Wildman–Crippen LogP) is 3.33. The van der Waals surface area contributed by atoms with Gasteiger partial charge in [-0.1, -0.05) is 0 Å². The molecule has 3 aromatic rings. The first-order valence-electron chi connectivity index (χ1n) is 7.70. The average molecular weight is 352 g/mol. The first kappa shape index (κ1) is 15.1. The SMILES string of the molecule is CC(C)c1ccccc1[Se+](c1ccccc1)c1ccccc1. The van der Waals surface area contributed by atoms with E-state index in [4.69, 9.17) is 0 Å². The first-order valence-corrected chi connectivity index (χ1v) is 10.3. The molecule has 0 radical (unpaired) electrons. The molecule has 0 amide bonds. The van der Waals surface area contributed by atoms with Crippen LogP contribution in [0, 0.1) is 0 Å². The molecule has 0 unspecified atom stereocenters. The fourth-order valence-electron chi connectivity index (χ4n) is 2.65. The minimum atomic E-state index is -1.23. The van der Waals surface area contributed by atoms with E-state index in [1.807, 2.05) is 0 Å². The molecule has 0 nitrogen and oxygen atoms in total. The van der Waals surface area contributed by atoms with Crippen LogP contribution in [-0.4, -0.2) is 13.9 Å². The van der Waals surface area contributed by atoms with Crippen molar-refractivity contribution in [3.05, 3.63) is 90.5 Å². The van der Waals surface area contributed by atoms with Gasteiger partial charge in [0.15, 0.2) is 0 Å². The van der Waals surface area contributed by atoms with Crippen LogP contribution in [0.5, 0.6) is 0 Å². The number of hydrogen-bond donors (Lipinski definition) is 0. The summed E-state index contributed by atoms with van der Waals surface area (Å²) in [6.45, 7) is 4.58. The van der Waals surface area contributed by atoms with Gasteiger partial charge in [-0.3, -0.25) is 0 Å². The van der Waals surface area contributed by atoms with E-state index in [9.17, 15) is 0 Å². The predicted molar refractivity (Wildman–Crippen MR) is 98.1 cm³/mol. The Hall–Kier alpha value is -1.82. The van der Waals surface area contributed by atoms with E-state index in [1.54, 1.807) is 0 Å². The van der Waals surface area contributed by atoms with E-state index in [0.717, 1.165) is 0 Å². The summed E-state index contributed by atoms with van der Waals surface area (Å²) in [4.78, 5) is 0. The molecule has 0 spiro atoms. The molecule has 3 aromatic carbocycles. The van der Waals surface area contributed by atoms with Gasteiger partial charge in [-0.2, -0.15) is 0 Å². The third kappa shape index (κ3) is 3.16. The van der Waals surface area contributed by atoms with Crippen molar-refractivity contribution in [1.29, 1.82) is 0 Å². The van der Waals surface area contributed by atoms with Crippen molar-refractivity contribution in [2.75, 3.05) is 0 Å². The second kappa shape index (κ2) is 6.96. The summed E-state index contributed by atoms with van der Waals surface area (Å²) in [6.07, 6.45) is 0. The molecule has 0 atom stereocenters. The fraction of sp³-hybridized carbons (Fsp3) is 0.143. The Kier molecular flexibility index (Phi) is 4.77. The van der Waals surface area contributed by atoms with Crippen LogP contribution < -0.4 is 13.4 Å². The number of rotatable bonds is 4. The van der Waals surface area contributed by atoms with Crippen LogP contribution in [0.25, 0.3) is 0 Å². The zero-order chi connectivity index (χ0) is 15.4. The summed E-state index contributed by atoms with van der Waals surface area (Å²) in [5, 5.41) is 0. The fourth-order valence-corrected chi connectivity index (χ4v) is 7.67. The second-order valence-electron chi connectivity index (χ2n) is 5.62. The normalized spacial score (nSPS) is 11.1. The van der Waals surface area contributed by atoms with Crippen molar-refractivity contribution < 1.29 is 0 Å². The summed E-state index contributed by atoms with van der Waals surface area (Å²) < 4.78 is 4.48. The molecule has 0 N–H and O–H groups in total. The van der Waals surface area contributed by atoms with Crippen LogP contribution in [0.4, 0.5) is 0 Å². The molecule has 0 aliphatic heterocycles. The van der Waals surface area contributed by atoms with E-state index in [-0.39, 0.29) is 0 Å². The molecule has 0 aliphatic carbocycles. The van der Waals surface area contributed by atoms with Crippen molar-refractivity contribution in [1.82, 2.24) is 0 Å². The number of benzene rings is 3. The van der Waals surface area contributed by atoms with Gasteiger partial charge < -0.3 is 0 Å². The topological polar surface area (TPSA) is 0 Å². The van der Waals surface area contributed by atoms with E-state index >= 15 is 0 Å². The van der Waals surface area contributed by atoms with Gasteiger partial charge >= 0.3 is 138 Å². The average Bonchev–Trinajstić information content (AvgIpc) is 2.57. The zero-order valence-electron chi connectivity index (χ0n) is 13.1. The summed E-state index contributed by atoms with van der Waals surface area (Å²) in [5.41, 5.74) is 1.49. The van der Waals surface area contributed by atoms with Crippen LogP contribution in [-0.2, 0) is 0 Å². The van der Waals surface area contributed by atoms with Crippen molar-refractivity contribution in [3.63, 3.8) is 0 Å². The first-order chi connectivity index (χ1) is 10.8. The Morgan fingerprint density at radius 1 is 0.591 bits per heavy atom. The molecule has 110 valence electrons. The van der Waals surface area contributed by atoms with Crippen LogP contribution in [0.3, 0.4) is 0 Å². The van der Waals surface area contributed by atoms with Gasteiger partial charge in [-0.15, -0.1) is 0 Å². The van der Waals surface area contributed by atoms with Crippen LogP contribution in [0.2, 0.25) is 0 Å². The van der Waals surface area contributed by atoms with Gasteiger partial charge in [0.05, 0.1) is 0 Å². The van der Waals surface area contributed by atoms with Crippen LogP contribution >= 0.6 is 0 Å². The Bertz CT molecular complexity index is 678. The van der Waals surface area contributed by atoms with Crippen molar-refractivity contribution in [2.45, 2.75) is 19.8 Å². The molecule has 0 aliphatic rings. The molecule has 0 saturated heterocycles. The van der Waals surface area contributed by atoms with Gasteiger partial charge in [0.1, 0.15) is 0 Å². The van der Waals surface area contributed by atoms with Gasteiger partial charge in [-0.25, -0.2) is 0 Å².